The molecule has 180 valence electrons. The second-order valence-corrected chi connectivity index (χ2v) is 11.5. The first kappa shape index (κ1) is 27.3. The normalized spacial score (nSPS) is 13.2. The molecule has 1 N–H and O–H groups in total. The van der Waals surface area contributed by atoms with Crippen molar-refractivity contribution < 1.29 is 18.0 Å². The molecular formula is C23H29Br2N3O4S. The smallest absolute Gasteiger partial charge is 0.244 e. The Bertz CT molecular complexity index is 1080. The molecule has 0 radical (unpaired) electrons. The van der Waals surface area contributed by atoms with Crippen molar-refractivity contribution >= 4 is 59.4 Å². The molecule has 0 aliphatic carbocycles. The van der Waals surface area contributed by atoms with Crippen LogP contribution in [0.2, 0.25) is 0 Å². The van der Waals surface area contributed by atoms with Gasteiger partial charge in [-0.25, -0.2) is 8.42 Å². The summed E-state index contributed by atoms with van der Waals surface area (Å²) < 4.78 is 27.6. The lowest BCUT2D eigenvalue weighted by atomic mass is 10.1. The van der Waals surface area contributed by atoms with Crippen LogP contribution in [0.25, 0.3) is 0 Å². The van der Waals surface area contributed by atoms with Crippen LogP contribution in [-0.4, -0.2) is 50.0 Å². The zero-order chi connectivity index (χ0) is 24.8. The van der Waals surface area contributed by atoms with Gasteiger partial charge < -0.3 is 10.2 Å². The lowest BCUT2D eigenvalue weighted by molar-refractivity contribution is -0.139. The second-order valence-electron chi connectivity index (χ2n) is 7.86. The number of benzene rings is 2. The molecule has 0 saturated heterocycles. The van der Waals surface area contributed by atoms with E-state index < -0.39 is 28.5 Å². The van der Waals surface area contributed by atoms with Crippen LogP contribution < -0.4 is 9.62 Å². The summed E-state index contributed by atoms with van der Waals surface area (Å²) in [6.45, 7) is 5.23. The maximum atomic E-state index is 13.5. The summed E-state index contributed by atoms with van der Waals surface area (Å²) in [5, 5.41) is 2.90. The molecule has 2 unspecified atom stereocenters. The van der Waals surface area contributed by atoms with Crippen LogP contribution in [0.1, 0.15) is 32.8 Å². The van der Waals surface area contributed by atoms with E-state index in [0.717, 1.165) is 27.0 Å². The third-order valence-electron chi connectivity index (χ3n) is 5.23. The van der Waals surface area contributed by atoms with E-state index in [1.165, 1.54) is 4.90 Å². The lowest BCUT2D eigenvalue weighted by Gasteiger charge is -2.32. The summed E-state index contributed by atoms with van der Waals surface area (Å²) in [6.07, 6.45) is 1.81. The van der Waals surface area contributed by atoms with Gasteiger partial charge in [-0.3, -0.25) is 13.9 Å². The second kappa shape index (κ2) is 12.0. The highest BCUT2D eigenvalue weighted by atomic mass is 79.9. The molecule has 2 aromatic carbocycles. The summed E-state index contributed by atoms with van der Waals surface area (Å²) in [4.78, 5) is 27.7. The fraction of sp³-hybridized carbons (Fsp3) is 0.391. The molecule has 0 aliphatic rings. The van der Waals surface area contributed by atoms with Crippen LogP contribution in [0.15, 0.2) is 57.5 Å². The maximum absolute atomic E-state index is 13.5. The fourth-order valence-corrected chi connectivity index (χ4v) is 4.83. The number of nitrogens with one attached hydrogen (secondary N) is 1. The van der Waals surface area contributed by atoms with E-state index in [0.29, 0.717) is 10.2 Å². The van der Waals surface area contributed by atoms with Gasteiger partial charge in [0.1, 0.15) is 12.6 Å². The van der Waals surface area contributed by atoms with E-state index in [1.54, 1.807) is 31.2 Å². The van der Waals surface area contributed by atoms with Gasteiger partial charge in [0.15, 0.2) is 0 Å². The highest BCUT2D eigenvalue weighted by molar-refractivity contribution is 9.10. The van der Waals surface area contributed by atoms with Crippen molar-refractivity contribution in [2.24, 2.45) is 0 Å². The van der Waals surface area contributed by atoms with Crippen molar-refractivity contribution in [2.45, 2.75) is 45.8 Å². The first-order valence-electron chi connectivity index (χ1n) is 10.5. The Morgan fingerprint density at radius 1 is 1.03 bits per heavy atom. The molecule has 7 nitrogen and oxygen atoms in total. The Hall–Kier alpha value is -1.91. The number of amides is 2. The summed E-state index contributed by atoms with van der Waals surface area (Å²) >= 11 is 6.76. The Kier molecular flexibility index (Phi) is 9.93. The predicted octanol–water partition coefficient (Wildman–Crippen LogP) is 4.31. The van der Waals surface area contributed by atoms with Crippen LogP contribution in [0.3, 0.4) is 0 Å². The van der Waals surface area contributed by atoms with Gasteiger partial charge in [0, 0.05) is 21.5 Å². The Morgan fingerprint density at radius 2 is 1.64 bits per heavy atom. The number of anilines is 1. The summed E-state index contributed by atoms with van der Waals surface area (Å²) in [5.74, 6) is -0.771. The number of hydrogen-bond donors (Lipinski definition) is 1. The van der Waals surface area contributed by atoms with Crippen LogP contribution in [0, 0.1) is 0 Å². The van der Waals surface area contributed by atoms with Crippen molar-refractivity contribution in [1.82, 2.24) is 10.2 Å². The van der Waals surface area contributed by atoms with Gasteiger partial charge in [-0.15, -0.1) is 0 Å². The van der Waals surface area contributed by atoms with Gasteiger partial charge in [0.25, 0.3) is 0 Å². The molecule has 2 atom stereocenters. The third kappa shape index (κ3) is 7.82. The third-order valence-corrected chi connectivity index (χ3v) is 7.56. The summed E-state index contributed by atoms with van der Waals surface area (Å²) in [7, 11) is -3.77. The predicted molar refractivity (Wildman–Crippen MR) is 138 cm³/mol. The molecular weight excluding hydrogens is 574 g/mol. The van der Waals surface area contributed by atoms with Crippen molar-refractivity contribution in [3.05, 3.63) is 63.0 Å². The van der Waals surface area contributed by atoms with Gasteiger partial charge >= 0.3 is 0 Å². The zero-order valence-corrected chi connectivity index (χ0v) is 23.1. The number of halogens is 2. The fourth-order valence-electron chi connectivity index (χ4n) is 3.08. The number of sulfonamides is 1. The van der Waals surface area contributed by atoms with E-state index in [-0.39, 0.29) is 18.5 Å². The molecule has 0 aromatic heterocycles. The number of hydrogen-bond acceptors (Lipinski definition) is 4. The van der Waals surface area contributed by atoms with Gasteiger partial charge in [0.05, 0.1) is 11.9 Å². The standard InChI is InChI=1S/C23H29Br2N3O4S/c1-5-16(2)26-23(30)17(3)27(14-18-10-12-19(24)13-11-18)22(29)15-28(33(4,31)32)21-9-7-6-8-20(21)25/h6-13,16-17H,5,14-15H2,1-4H3,(H,26,30). The van der Waals surface area contributed by atoms with E-state index in [9.17, 15) is 18.0 Å². The molecule has 10 heteroatoms. The average Bonchev–Trinajstić information content (AvgIpc) is 2.76. The van der Waals surface area contributed by atoms with Crippen LogP contribution >= 0.6 is 31.9 Å². The zero-order valence-electron chi connectivity index (χ0n) is 19.1. The van der Waals surface area contributed by atoms with Gasteiger partial charge in [0.2, 0.25) is 21.8 Å². The van der Waals surface area contributed by atoms with Crippen LogP contribution in [-0.2, 0) is 26.2 Å². The van der Waals surface area contributed by atoms with E-state index in [2.05, 4.69) is 37.2 Å². The highest BCUT2D eigenvalue weighted by Crippen LogP contribution is 2.28. The molecule has 33 heavy (non-hydrogen) atoms. The van der Waals surface area contributed by atoms with Crippen molar-refractivity contribution in [3.8, 4) is 0 Å². The molecule has 0 saturated carbocycles. The van der Waals surface area contributed by atoms with Gasteiger partial charge in [-0.1, -0.05) is 47.1 Å². The topological polar surface area (TPSA) is 86.8 Å². The van der Waals surface area contributed by atoms with Crippen LogP contribution in [0.5, 0.6) is 0 Å². The number of rotatable bonds is 10. The first-order chi connectivity index (χ1) is 15.4. The van der Waals surface area contributed by atoms with Crippen molar-refractivity contribution in [3.63, 3.8) is 0 Å². The van der Waals surface area contributed by atoms with Gasteiger partial charge in [-0.05, 0) is 66.0 Å². The van der Waals surface area contributed by atoms with E-state index >= 15 is 0 Å². The molecule has 2 rings (SSSR count). The average molecular weight is 603 g/mol. The number of carbonyl (C=O) groups excluding carboxylic acids is 2. The molecule has 0 heterocycles. The minimum Gasteiger partial charge on any atom is -0.352 e. The Balaban J connectivity index is 2.39. The SMILES string of the molecule is CCC(C)NC(=O)C(C)N(Cc1ccc(Br)cc1)C(=O)CN(c1ccccc1Br)S(C)(=O)=O. The molecule has 0 bridgehead atoms. The van der Waals surface area contributed by atoms with E-state index in [1.807, 2.05) is 38.1 Å². The lowest BCUT2D eigenvalue weighted by Crippen LogP contribution is -2.52. The molecule has 0 aliphatic heterocycles. The van der Waals surface area contributed by atoms with Crippen LogP contribution in [0.4, 0.5) is 5.69 Å². The number of nitrogens with zero attached hydrogens (tertiary/aromatic N) is 2. The Labute approximate surface area is 212 Å². The van der Waals surface area contributed by atoms with Crippen molar-refractivity contribution in [1.29, 1.82) is 0 Å². The minimum absolute atomic E-state index is 0.0441. The first-order valence-corrected chi connectivity index (χ1v) is 13.9. The quantitative estimate of drug-likeness (QED) is 0.439. The Morgan fingerprint density at radius 3 is 2.18 bits per heavy atom. The largest absolute Gasteiger partial charge is 0.352 e. The molecule has 2 amide bonds. The van der Waals surface area contributed by atoms with E-state index in [4.69, 9.17) is 0 Å². The number of para-hydroxylation sites is 1. The monoisotopic (exact) mass is 601 g/mol. The summed E-state index contributed by atoms with van der Waals surface area (Å²) in [6, 6.07) is 13.4. The minimum atomic E-state index is -3.77. The number of carbonyl (C=O) groups is 2. The van der Waals surface area contributed by atoms with Gasteiger partial charge in [-0.2, -0.15) is 0 Å². The maximum Gasteiger partial charge on any atom is 0.244 e. The van der Waals surface area contributed by atoms with Crippen molar-refractivity contribution in [2.75, 3.05) is 17.1 Å². The molecule has 0 spiro atoms. The molecule has 0 fully saturated rings. The highest BCUT2D eigenvalue weighted by Gasteiger charge is 2.31. The molecule has 2 aromatic rings. The summed E-state index contributed by atoms with van der Waals surface area (Å²) in [5.41, 5.74) is 1.18.